The molecule has 0 saturated heterocycles. The van der Waals surface area contributed by atoms with Crippen molar-refractivity contribution in [3.8, 4) is 28.2 Å². The zero-order valence-corrected chi connectivity index (χ0v) is 36.2. The maximum atomic E-state index is 13.9. The molecule has 2 heterocycles. The molecule has 0 amide bonds. The van der Waals surface area contributed by atoms with Crippen molar-refractivity contribution in [1.29, 1.82) is 0 Å². The van der Waals surface area contributed by atoms with E-state index in [-0.39, 0.29) is 12.0 Å². The molecule has 0 N–H and O–H groups in total. The number of para-hydroxylation sites is 2. The van der Waals surface area contributed by atoms with Gasteiger partial charge in [0, 0.05) is 57.0 Å². The number of nitrogens with zero attached hydrogens (tertiary/aromatic N) is 1. The molecule has 1 aliphatic carbocycles. The average molecular weight is 826 g/mol. The Morgan fingerprint density at radius 3 is 1.84 bits per heavy atom. The highest BCUT2D eigenvalue weighted by Gasteiger charge is 2.23. The summed E-state index contributed by atoms with van der Waals surface area (Å²) in [4.78, 5) is 26.5. The third-order valence-corrected chi connectivity index (χ3v) is 12.3. The van der Waals surface area contributed by atoms with E-state index in [1.807, 2.05) is 48.5 Å². The molecule has 2 aliphatic rings. The van der Waals surface area contributed by atoms with Crippen molar-refractivity contribution in [3.05, 3.63) is 160 Å². The van der Waals surface area contributed by atoms with Gasteiger partial charge in [0.2, 0.25) is 0 Å². The van der Waals surface area contributed by atoms with Gasteiger partial charge in [0.05, 0.1) is 12.2 Å². The SMILES string of the molecule is CCCCCCCCCCCCCCCCOc1ccc2c(-c3ccccc3C(=O)OCc3ccc(Cn4c5ccccc5c5ccccc54)cc3)c3ccc(=O)cc-3oc2c1. The Labute approximate surface area is 365 Å². The van der Waals surface area contributed by atoms with Crippen LogP contribution in [0.2, 0.25) is 0 Å². The van der Waals surface area contributed by atoms with Crippen molar-refractivity contribution in [2.45, 2.75) is 110 Å². The number of unbranched alkanes of at least 4 members (excludes halogenated alkanes) is 13. The minimum atomic E-state index is -0.425. The summed E-state index contributed by atoms with van der Waals surface area (Å²) in [5, 5.41) is 3.31. The lowest BCUT2D eigenvalue weighted by atomic mass is 9.91. The molecule has 1 aromatic heterocycles. The fourth-order valence-electron chi connectivity index (χ4n) is 8.92. The monoisotopic (exact) mass is 825 g/mol. The summed E-state index contributed by atoms with van der Waals surface area (Å²) in [5.74, 6) is 0.743. The van der Waals surface area contributed by atoms with Gasteiger partial charge in [-0.25, -0.2) is 4.79 Å². The molecule has 0 bridgehead atoms. The zero-order chi connectivity index (χ0) is 42.5. The van der Waals surface area contributed by atoms with E-state index in [1.54, 1.807) is 12.1 Å². The smallest absolute Gasteiger partial charge is 0.339 e. The van der Waals surface area contributed by atoms with Crippen LogP contribution in [-0.2, 0) is 17.9 Å². The number of hydrogen-bond acceptors (Lipinski definition) is 5. The normalized spacial score (nSPS) is 11.6. The predicted molar refractivity (Wildman–Crippen MR) is 254 cm³/mol. The van der Waals surface area contributed by atoms with Crippen LogP contribution in [-0.4, -0.2) is 17.1 Å². The first kappa shape index (κ1) is 42.5. The third-order valence-electron chi connectivity index (χ3n) is 12.3. The first-order valence-corrected chi connectivity index (χ1v) is 23.0. The van der Waals surface area contributed by atoms with E-state index in [0.717, 1.165) is 47.0 Å². The van der Waals surface area contributed by atoms with E-state index >= 15 is 0 Å². The Kier molecular flexibility index (Phi) is 14.5. The number of aromatic nitrogens is 1. The number of benzene rings is 6. The molecule has 0 fully saturated rings. The van der Waals surface area contributed by atoms with E-state index in [0.29, 0.717) is 34.8 Å². The lowest BCUT2D eigenvalue weighted by Crippen LogP contribution is -2.08. The average Bonchev–Trinajstić information content (AvgIpc) is 3.62. The molecule has 6 nitrogen and oxygen atoms in total. The van der Waals surface area contributed by atoms with Crippen LogP contribution in [0.4, 0.5) is 0 Å². The largest absolute Gasteiger partial charge is 0.493 e. The standard InChI is InChI=1S/C56H59NO5/c1-2-3-4-5-6-7-8-9-10-11-12-13-14-21-36-60-44-33-35-50-54(38-44)62-53-37-43(58)32-34-49(53)55(50)47-24-15-16-25-48(47)56(59)61-40-42-30-28-41(29-31-42)39-57-51-26-19-17-22-45(51)46-23-18-20-27-52(46)57/h15-20,22-35,37-38H,2-14,21,36,39-40H2,1H3. The molecular formula is C56H59NO5. The molecule has 5 aromatic carbocycles. The summed E-state index contributed by atoms with van der Waals surface area (Å²) in [7, 11) is 0. The molecule has 62 heavy (non-hydrogen) atoms. The fraction of sp³-hybridized carbons (Fsp3) is 0.321. The number of hydrogen-bond donors (Lipinski definition) is 0. The molecule has 0 unspecified atom stereocenters. The summed E-state index contributed by atoms with van der Waals surface area (Å²) in [6, 6.07) is 43.5. The molecule has 6 aromatic rings. The van der Waals surface area contributed by atoms with E-state index < -0.39 is 5.97 Å². The molecule has 0 saturated carbocycles. The van der Waals surface area contributed by atoms with Crippen molar-refractivity contribution in [2.24, 2.45) is 0 Å². The summed E-state index contributed by atoms with van der Waals surface area (Å²) in [6.45, 7) is 3.77. The Hall–Kier alpha value is -6.14. The van der Waals surface area contributed by atoms with Gasteiger partial charge in [-0.2, -0.15) is 0 Å². The summed E-state index contributed by atoms with van der Waals surface area (Å²) in [5.41, 5.74) is 7.61. The second-order valence-electron chi connectivity index (χ2n) is 16.8. The maximum Gasteiger partial charge on any atom is 0.339 e. The van der Waals surface area contributed by atoms with Gasteiger partial charge in [-0.1, -0.05) is 169 Å². The quantitative estimate of drug-likeness (QED) is 0.0387. The van der Waals surface area contributed by atoms with Crippen LogP contribution in [0.1, 0.15) is 118 Å². The van der Waals surface area contributed by atoms with E-state index in [4.69, 9.17) is 13.9 Å². The number of carbonyl (C=O) groups excluding carboxylic acids is 1. The lowest BCUT2D eigenvalue weighted by Gasteiger charge is -2.18. The van der Waals surface area contributed by atoms with Crippen molar-refractivity contribution in [3.63, 3.8) is 0 Å². The van der Waals surface area contributed by atoms with Gasteiger partial charge >= 0.3 is 5.97 Å². The number of carbonyl (C=O) groups is 1. The maximum absolute atomic E-state index is 13.9. The van der Waals surface area contributed by atoms with Gasteiger partial charge in [0.1, 0.15) is 23.7 Å². The van der Waals surface area contributed by atoms with Crippen molar-refractivity contribution < 1.29 is 18.7 Å². The van der Waals surface area contributed by atoms with Gasteiger partial charge < -0.3 is 18.5 Å². The van der Waals surface area contributed by atoms with Crippen LogP contribution in [0, 0.1) is 0 Å². The number of fused-ring (bicyclic) bond motifs is 5. The summed E-state index contributed by atoms with van der Waals surface area (Å²) in [6.07, 6.45) is 18.4. The molecule has 0 radical (unpaired) electrons. The number of esters is 1. The Bertz CT molecular complexity index is 2690. The van der Waals surface area contributed by atoms with Crippen molar-refractivity contribution in [2.75, 3.05) is 6.61 Å². The van der Waals surface area contributed by atoms with Crippen LogP contribution in [0.5, 0.6) is 5.75 Å². The van der Waals surface area contributed by atoms with Crippen LogP contribution in [0.3, 0.4) is 0 Å². The number of ether oxygens (including phenoxy) is 2. The summed E-state index contributed by atoms with van der Waals surface area (Å²) >= 11 is 0. The van der Waals surface area contributed by atoms with Gasteiger partial charge in [0.25, 0.3) is 0 Å². The highest BCUT2D eigenvalue weighted by atomic mass is 16.5. The summed E-state index contributed by atoms with van der Waals surface area (Å²) < 4.78 is 20.9. The van der Waals surface area contributed by atoms with Gasteiger partial charge in [-0.05, 0) is 65.6 Å². The van der Waals surface area contributed by atoms with Gasteiger partial charge in [-0.3, -0.25) is 4.79 Å². The highest BCUT2D eigenvalue weighted by molar-refractivity contribution is 6.09. The fourth-order valence-corrected chi connectivity index (χ4v) is 8.92. The molecule has 318 valence electrons. The first-order valence-electron chi connectivity index (χ1n) is 23.0. The van der Waals surface area contributed by atoms with Crippen molar-refractivity contribution in [1.82, 2.24) is 4.57 Å². The van der Waals surface area contributed by atoms with E-state index in [9.17, 15) is 9.59 Å². The molecule has 0 spiro atoms. The van der Waals surface area contributed by atoms with E-state index in [2.05, 4.69) is 72.2 Å². The van der Waals surface area contributed by atoms with Crippen LogP contribution < -0.4 is 10.2 Å². The third kappa shape index (κ3) is 10.3. The van der Waals surface area contributed by atoms with Crippen molar-refractivity contribution >= 4 is 38.7 Å². The Morgan fingerprint density at radius 1 is 0.565 bits per heavy atom. The predicted octanol–water partition coefficient (Wildman–Crippen LogP) is 14.9. The van der Waals surface area contributed by atoms with Gasteiger partial charge in [0.15, 0.2) is 5.43 Å². The second kappa shape index (κ2) is 21.1. The zero-order valence-electron chi connectivity index (χ0n) is 36.2. The Morgan fingerprint density at radius 2 is 1.16 bits per heavy atom. The topological polar surface area (TPSA) is 70.7 Å². The minimum Gasteiger partial charge on any atom is -0.493 e. The molecule has 1 aliphatic heterocycles. The Balaban J connectivity index is 0.895. The van der Waals surface area contributed by atoms with E-state index in [1.165, 1.54) is 111 Å². The first-order chi connectivity index (χ1) is 30.6. The number of rotatable bonds is 22. The molecule has 8 rings (SSSR count). The second-order valence-corrected chi connectivity index (χ2v) is 16.8. The molecule has 6 heteroatoms. The highest BCUT2D eigenvalue weighted by Crippen LogP contribution is 2.42. The van der Waals surface area contributed by atoms with Crippen LogP contribution in [0.15, 0.2) is 143 Å². The van der Waals surface area contributed by atoms with Crippen LogP contribution >= 0.6 is 0 Å². The lowest BCUT2D eigenvalue weighted by molar-refractivity contribution is 0.0473. The van der Waals surface area contributed by atoms with Gasteiger partial charge in [-0.15, -0.1) is 0 Å². The van der Waals surface area contributed by atoms with Crippen LogP contribution in [0.25, 0.3) is 55.2 Å². The molecular weight excluding hydrogens is 767 g/mol. The minimum absolute atomic E-state index is 0.133. The molecule has 0 atom stereocenters.